The maximum Gasteiger partial charge on any atom is 0.416 e. The smallest absolute Gasteiger partial charge is 0.386 e. The van der Waals surface area contributed by atoms with Gasteiger partial charge in [0.2, 0.25) is 0 Å². The van der Waals surface area contributed by atoms with Crippen molar-refractivity contribution in [2.24, 2.45) is 0 Å². The van der Waals surface area contributed by atoms with Crippen LogP contribution in [0.25, 0.3) is 0 Å². The number of ether oxygens (including phenoxy) is 1. The van der Waals surface area contributed by atoms with Gasteiger partial charge in [0.25, 0.3) is 0 Å². The zero-order valence-electron chi connectivity index (χ0n) is 10.4. The SMILES string of the molecule is CCCC(OC)C(O)c1cccc(C(F)(F)F)c1. The van der Waals surface area contributed by atoms with Crippen LogP contribution in [0.15, 0.2) is 24.3 Å². The minimum absolute atomic E-state index is 0.227. The first-order valence-corrected chi connectivity index (χ1v) is 5.78. The highest BCUT2D eigenvalue weighted by Gasteiger charge is 2.31. The van der Waals surface area contributed by atoms with Crippen LogP contribution in [0.4, 0.5) is 13.2 Å². The molecule has 0 bridgehead atoms. The molecule has 102 valence electrons. The lowest BCUT2D eigenvalue weighted by Crippen LogP contribution is -2.21. The molecule has 0 saturated carbocycles. The van der Waals surface area contributed by atoms with Crippen LogP contribution in [-0.4, -0.2) is 18.3 Å². The van der Waals surface area contributed by atoms with Gasteiger partial charge in [0.1, 0.15) is 6.10 Å². The van der Waals surface area contributed by atoms with E-state index in [-0.39, 0.29) is 5.56 Å². The van der Waals surface area contributed by atoms with Gasteiger partial charge in [-0.25, -0.2) is 0 Å². The Morgan fingerprint density at radius 2 is 2.00 bits per heavy atom. The number of benzene rings is 1. The van der Waals surface area contributed by atoms with Gasteiger partial charge in [0, 0.05) is 7.11 Å². The van der Waals surface area contributed by atoms with Gasteiger partial charge in [-0.2, -0.15) is 13.2 Å². The molecule has 0 heterocycles. The Balaban J connectivity index is 2.95. The van der Waals surface area contributed by atoms with Crippen molar-refractivity contribution >= 4 is 0 Å². The highest BCUT2D eigenvalue weighted by molar-refractivity contribution is 5.27. The van der Waals surface area contributed by atoms with E-state index in [2.05, 4.69) is 0 Å². The predicted octanol–water partition coefficient (Wildman–Crippen LogP) is 3.55. The molecular formula is C13H17F3O2. The van der Waals surface area contributed by atoms with Crippen molar-refractivity contribution in [1.82, 2.24) is 0 Å². The Hall–Kier alpha value is -1.07. The summed E-state index contributed by atoms with van der Waals surface area (Å²) in [5.74, 6) is 0. The van der Waals surface area contributed by atoms with Gasteiger partial charge >= 0.3 is 6.18 Å². The van der Waals surface area contributed by atoms with Crippen molar-refractivity contribution < 1.29 is 23.0 Å². The molecule has 0 saturated heterocycles. The largest absolute Gasteiger partial charge is 0.416 e. The van der Waals surface area contributed by atoms with Crippen molar-refractivity contribution in [3.8, 4) is 0 Å². The maximum atomic E-state index is 12.5. The van der Waals surface area contributed by atoms with Gasteiger partial charge in [0.05, 0.1) is 11.7 Å². The van der Waals surface area contributed by atoms with Gasteiger partial charge in [-0.05, 0) is 24.1 Å². The van der Waals surface area contributed by atoms with Crippen molar-refractivity contribution in [2.45, 2.75) is 38.1 Å². The third kappa shape index (κ3) is 3.71. The molecule has 0 spiro atoms. The van der Waals surface area contributed by atoms with Crippen molar-refractivity contribution in [3.63, 3.8) is 0 Å². The number of aliphatic hydroxyl groups is 1. The molecule has 0 fully saturated rings. The Labute approximate surface area is 104 Å². The quantitative estimate of drug-likeness (QED) is 0.879. The van der Waals surface area contributed by atoms with Crippen molar-refractivity contribution in [2.75, 3.05) is 7.11 Å². The number of hydrogen-bond acceptors (Lipinski definition) is 2. The zero-order valence-corrected chi connectivity index (χ0v) is 10.4. The molecule has 0 radical (unpaired) electrons. The topological polar surface area (TPSA) is 29.5 Å². The highest BCUT2D eigenvalue weighted by Crippen LogP contribution is 2.32. The summed E-state index contributed by atoms with van der Waals surface area (Å²) in [7, 11) is 1.44. The van der Waals surface area contributed by atoms with E-state index >= 15 is 0 Å². The first kappa shape index (κ1) is 15.0. The number of alkyl halides is 3. The number of methoxy groups -OCH3 is 1. The molecule has 1 N–H and O–H groups in total. The lowest BCUT2D eigenvalue weighted by Gasteiger charge is -2.22. The summed E-state index contributed by atoms with van der Waals surface area (Å²) in [6.07, 6.45) is -4.55. The van der Waals surface area contributed by atoms with E-state index in [1.807, 2.05) is 6.92 Å². The molecule has 2 nitrogen and oxygen atoms in total. The van der Waals surface area contributed by atoms with Gasteiger partial charge in [-0.15, -0.1) is 0 Å². The molecule has 0 aromatic heterocycles. The van der Waals surface area contributed by atoms with Crippen LogP contribution in [0.3, 0.4) is 0 Å². The molecule has 1 aromatic rings. The second-order valence-corrected chi connectivity index (χ2v) is 4.13. The summed E-state index contributed by atoms with van der Waals surface area (Å²) >= 11 is 0. The molecule has 2 unspecified atom stereocenters. The molecule has 18 heavy (non-hydrogen) atoms. The summed E-state index contributed by atoms with van der Waals surface area (Å²) in [6.45, 7) is 1.92. The molecule has 0 aliphatic heterocycles. The van der Waals surface area contributed by atoms with E-state index in [1.165, 1.54) is 19.2 Å². The van der Waals surface area contributed by atoms with Crippen LogP contribution in [0.2, 0.25) is 0 Å². The van der Waals surface area contributed by atoms with Gasteiger partial charge in [0.15, 0.2) is 0 Å². The van der Waals surface area contributed by atoms with Crippen LogP contribution in [0.5, 0.6) is 0 Å². The lowest BCUT2D eigenvalue weighted by atomic mass is 9.99. The minimum Gasteiger partial charge on any atom is -0.386 e. The third-order valence-corrected chi connectivity index (χ3v) is 2.78. The Morgan fingerprint density at radius 3 is 2.50 bits per heavy atom. The van der Waals surface area contributed by atoms with E-state index in [0.29, 0.717) is 6.42 Å². The summed E-state index contributed by atoms with van der Waals surface area (Å²) in [5.41, 5.74) is -0.532. The fraction of sp³-hybridized carbons (Fsp3) is 0.538. The molecule has 1 aromatic carbocycles. The molecule has 2 atom stereocenters. The van der Waals surface area contributed by atoms with Gasteiger partial charge < -0.3 is 9.84 Å². The number of hydrogen-bond donors (Lipinski definition) is 1. The van der Waals surface area contributed by atoms with Crippen LogP contribution in [-0.2, 0) is 10.9 Å². The molecule has 0 aliphatic rings. The van der Waals surface area contributed by atoms with E-state index in [9.17, 15) is 18.3 Å². The minimum atomic E-state index is -4.40. The fourth-order valence-electron chi connectivity index (χ4n) is 1.80. The molecule has 0 aliphatic carbocycles. The predicted molar refractivity (Wildman–Crippen MR) is 62.1 cm³/mol. The number of aliphatic hydroxyl groups excluding tert-OH is 1. The Morgan fingerprint density at radius 1 is 1.33 bits per heavy atom. The van der Waals surface area contributed by atoms with Crippen LogP contribution in [0.1, 0.15) is 37.0 Å². The second-order valence-electron chi connectivity index (χ2n) is 4.13. The fourth-order valence-corrected chi connectivity index (χ4v) is 1.80. The molecular weight excluding hydrogens is 245 g/mol. The zero-order chi connectivity index (χ0) is 13.8. The van der Waals surface area contributed by atoms with Crippen molar-refractivity contribution in [1.29, 1.82) is 0 Å². The average Bonchev–Trinajstić information content (AvgIpc) is 2.34. The normalized spacial score (nSPS) is 15.4. The van der Waals surface area contributed by atoms with Gasteiger partial charge in [-0.3, -0.25) is 0 Å². The third-order valence-electron chi connectivity index (χ3n) is 2.78. The molecule has 0 amide bonds. The average molecular weight is 262 g/mol. The van der Waals surface area contributed by atoms with Crippen LogP contribution >= 0.6 is 0 Å². The van der Waals surface area contributed by atoms with E-state index < -0.39 is 23.9 Å². The van der Waals surface area contributed by atoms with Crippen molar-refractivity contribution in [3.05, 3.63) is 35.4 Å². The van der Waals surface area contributed by atoms with E-state index in [0.717, 1.165) is 18.6 Å². The van der Waals surface area contributed by atoms with Gasteiger partial charge in [-0.1, -0.05) is 25.5 Å². The summed E-state index contributed by atoms with van der Waals surface area (Å²) in [5, 5.41) is 10.0. The summed E-state index contributed by atoms with van der Waals surface area (Å²) in [6, 6.07) is 4.71. The molecule has 5 heteroatoms. The summed E-state index contributed by atoms with van der Waals surface area (Å²) in [4.78, 5) is 0. The first-order valence-electron chi connectivity index (χ1n) is 5.78. The second kappa shape index (κ2) is 6.20. The van der Waals surface area contributed by atoms with Crippen LogP contribution < -0.4 is 0 Å². The van der Waals surface area contributed by atoms with E-state index in [1.54, 1.807) is 0 Å². The van der Waals surface area contributed by atoms with Crippen LogP contribution in [0, 0.1) is 0 Å². The summed E-state index contributed by atoms with van der Waals surface area (Å²) < 4.78 is 42.7. The number of halogens is 3. The monoisotopic (exact) mass is 262 g/mol. The highest BCUT2D eigenvalue weighted by atomic mass is 19.4. The molecule has 1 rings (SSSR count). The lowest BCUT2D eigenvalue weighted by molar-refractivity contribution is -0.137. The number of rotatable bonds is 5. The Bertz CT molecular complexity index is 377. The van der Waals surface area contributed by atoms with E-state index in [4.69, 9.17) is 4.74 Å². The standard InChI is InChI=1S/C13H17F3O2/c1-3-5-11(18-2)12(17)9-6-4-7-10(8-9)13(14,15)16/h4,6-8,11-12,17H,3,5H2,1-2H3. The Kier molecular flexibility index (Phi) is 5.16. The first-order chi connectivity index (χ1) is 8.40. The maximum absolute atomic E-state index is 12.5.